The number of fused-ring (bicyclic) bond motifs is 1. The summed E-state index contributed by atoms with van der Waals surface area (Å²) in [6.45, 7) is 0. The SMILES string of the molecule is N#CCSc1ncnc2cc(-c3ccc(Cl)cc3)sc12. The predicted molar refractivity (Wildman–Crippen MR) is 84.2 cm³/mol. The number of benzene rings is 1. The molecule has 0 saturated heterocycles. The lowest BCUT2D eigenvalue weighted by atomic mass is 10.2. The zero-order chi connectivity index (χ0) is 13.9. The molecular weight excluding hydrogens is 310 g/mol. The molecule has 2 heterocycles. The summed E-state index contributed by atoms with van der Waals surface area (Å²) in [5.41, 5.74) is 2.02. The van der Waals surface area contributed by atoms with Crippen LogP contribution in [-0.2, 0) is 0 Å². The van der Waals surface area contributed by atoms with E-state index in [4.69, 9.17) is 16.9 Å². The Morgan fingerprint density at radius 1 is 1.25 bits per heavy atom. The van der Waals surface area contributed by atoms with Gasteiger partial charge in [0.15, 0.2) is 0 Å². The Bertz CT molecular complexity index is 790. The summed E-state index contributed by atoms with van der Waals surface area (Å²) in [6, 6.07) is 11.9. The normalized spacial score (nSPS) is 10.6. The maximum Gasteiger partial charge on any atom is 0.118 e. The van der Waals surface area contributed by atoms with Crippen LogP contribution in [0.1, 0.15) is 0 Å². The van der Waals surface area contributed by atoms with Gasteiger partial charge in [0.2, 0.25) is 0 Å². The summed E-state index contributed by atoms with van der Waals surface area (Å²) in [6.07, 6.45) is 1.54. The van der Waals surface area contributed by atoms with E-state index >= 15 is 0 Å². The van der Waals surface area contributed by atoms with Gasteiger partial charge < -0.3 is 0 Å². The number of hydrogen-bond donors (Lipinski definition) is 0. The molecule has 3 aromatic rings. The lowest BCUT2D eigenvalue weighted by Gasteiger charge is -1.97. The van der Waals surface area contributed by atoms with Crippen molar-refractivity contribution < 1.29 is 0 Å². The molecule has 20 heavy (non-hydrogen) atoms. The first-order chi connectivity index (χ1) is 9.78. The lowest BCUT2D eigenvalue weighted by Crippen LogP contribution is -1.83. The van der Waals surface area contributed by atoms with Gasteiger partial charge in [-0.1, -0.05) is 35.5 Å². The Hall–Kier alpha value is -1.61. The summed E-state index contributed by atoms with van der Waals surface area (Å²) >= 11 is 8.98. The van der Waals surface area contributed by atoms with E-state index in [0.29, 0.717) is 5.75 Å². The summed E-state index contributed by atoms with van der Waals surface area (Å²) < 4.78 is 1.03. The summed E-state index contributed by atoms with van der Waals surface area (Å²) in [7, 11) is 0. The van der Waals surface area contributed by atoms with Crippen LogP contribution in [0.2, 0.25) is 5.02 Å². The first kappa shape index (κ1) is 13.4. The fourth-order valence-electron chi connectivity index (χ4n) is 1.79. The van der Waals surface area contributed by atoms with Gasteiger partial charge in [0, 0.05) is 9.90 Å². The minimum absolute atomic E-state index is 0.389. The van der Waals surface area contributed by atoms with Crippen LogP contribution in [0, 0.1) is 11.3 Å². The van der Waals surface area contributed by atoms with E-state index in [2.05, 4.69) is 16.0 Å². The molecular formula is C14H8ClN3S2. The van der Waals surface area contributed by atoms with Gasteiger partial charge in [0.1, 0.15) is 11.4 Å². The fourth-order valence-corrected chi connectivity index (χ4v) is 3.78. The fraction of sp³-hybridized carbons (Fsp3) is 0.0714. The molecule has 0 aliphatic heterocycles. The number of thiophene rings is 1. The van der Waals surface area contributed by atoms with Crippen LogP contribution < -0.4 is 0 Å². The first-order valence-electron chi connectivity index (χ1n) is 5.78. The monoisotopic (exact) mass is 317 g/mol. The number of aromatic nitrogens is 2. The standard InChI is InChI=1S/C14H8ClN3S2/c15-10-3-1-9(2-4-10)12-7-11-13(20-12)14(18-8-17-11)19-6-5-16/h1-4,7-8H,6H2. The smallest absolute Gasteiger partial charge is 0.118 e. The van der Waals surface area contributed by atoms with Crippen molar-refractivity contribution in [3.63, 3.8) is 0 Å². The average molecular weight is 318 g/mol. The molecule has 0 aliphatic rings. The van der Waals surface area contributed by atoms with E-state index in [0.717, 1.165) is 30.7 Å². The molecule has 0 N–H and O–H groups in total. The summed E-state index contributed by atoms with van der Waals surface area (Å²) in [4.78, 5) is 9.67. The molecule has 98 valence electrons. The topological polar surface area (TPSA) is 49.6 Å². The molecule has 0 unspecified atom stereocenters. The number of nitriles is 1. The minimum Gasteiger partial charge on any atom is -0.235 e. The number of hydrogen-bond acceptors (Lipinski definition) is 5. The molecule has 2 aromatic heterocycles. The van der Waals surface area contributed by atoms with Crippen LogP contribution in [0.4, 0.5) is 0 Å². The number of thioether (sulfide) groups is 1. The minimum atomic E-state index is 0.389. The highest BCUT2D eigenvalue weighted by Gasteiger charge is 2.10. The zero-order valence-corrected chi connectivity index (χ0v) is 12.6. The molecule has 0 amide bonds. The Labute approximate surface area is 129 Å². The maximum absolute atomic E-state index is 8.69. The van der Waals surface area contributed by atoms with Crippen molar-refractivity contribution in [2.45, 2.75) is 5.03 Å². The number of nitrogens with zero attached hydrogens (tertiary/aromatic N) is 3. The molecule has 0 aliphatic carbocycles. The van der Waals surface area contributed by atoms with Gasteiger partial charge in [-0.05, 0) is 23.8 Å². The second-order valence-corrected chi connectivity index (χ2v) is 6.41. The van der Waals surface area contributed by atoms with Crippen LogP contribution >= 0.6 is 34.7 Å². The molecule has 0 radical (unpaired) electrons. The molecule has 0 fully saturated rings. The maximum atomic E-state index is 8.69. The first-order valence-corrected chi connectivity index (χ1v) is 7.96. The molecule has 0 saturated carbocycles. The Kier molecular flexibility index (Phi) is 3.88. The third-order valence-electron chi connectivity index (χ3n) is 2.68. The van der Waals surface area contributed by atoms with Crippen molar-refractivity contribution >= 4 is 44.9 Å². The second kappa shape index (κ2) is 5.80. The highest BCUT2D eigenvalue weighted by Crippen LogP contribution is 2.36. The quantitative estimate of drug-likeness (QED) is 0.522. The highest BCUT2D eigenvalue weighted by molar-refractivity contribution is 7.99. The summed E-state index contributed by atoms with van der Waals surface area (Å²) in [5, 5.41) is 10.3. The van der Waals surface area contributed by atoms with Crippen LogP contribution in [0.3, 0.4) is 0 Å². The van der Waals surface area contributed by atoms with E-state index in [1.165, 1.54) is 11.8 Å². The van der Waals surface area contributed by atoms with Crippen molar-refractivity contribution in [1.82, 2.24) is 9.97 Å². The van der Waals surface area contributed by atoms with E-state index in [1.807, 2.05) is 30.3 Å². The molecule has 3 nitrogen and oxygen atoms in total. The van der Waals surface area contributed by atoms with Crippen molar-refractivity contribution in [2.24, 2.45) is 0 Å². The molecule has 0 spiro atoms. The van der Waals surface area contributed by atoms with Gasteiger partial charge in [0.25, 0.3) is 0 Å². The second-order valence-electron chi connectivity index (χ2n) is 3.96. The molecule has 6 heteroatoms. The van der Waals surface area contributed by atoms with Crippen molar-refractivity contribution in [1.29, 1.82) is 5.26 Å². The number of halogens is 1. The number of rotatable bonds is 3. The Balaban J connectivity index is 2.06. The van der Waals surface area contributed by atoms with Gasteiger partial charge in [0.05, 0.1) is 22.0 Å². The van der Waals surface area contributed by atoms with E-state index in [9.17, 15) is 0 Å². The lowest BCUT2D eigenvalue weighted by molar-refractivity contribution is 1.11. The van der Waals surface area contributed by atoms with E-state index in [-0.39, 0.29) is 0 Å². The Morgan fingerprint density at radius 2 is 2.05 bits per heavy atom. The van der Waals surface area contributed by atoms with E-state index in [1.54, 1.807) is 17.7 Å². The van der Waals surface area contributed by atoms with Crippen LogP contribution in [0.25, 0.3) is 20.7 Å². The van der Waals surface area contributed by atoms with Crippen LogP contribution in [0.5, 0.6) is 0 Å². The Morgan fingerprint density at radius 3 is 2.80 bits per heavy atom. The molecule has 3 rings (SSSR count). The molecule has 0 atom stereocenters. The highest BCUT2D eigenvalue weighted by atomic mass is 35.5. The van der Waals surface area contributed by atoms with E-state index < -0.39 is 0 Å². The third-order valence-corrected chi connectivity index (χ3v) is 5.10. The largest absolute Gasteiger partial charge is 0.235 e. The molecule has 0 bridgehead atoms. The average Bonchev–Trinajstić information content (AvgIpc) is 2.90. The van der Waals surface area contributed by atoms with Crippen LogP contribution in [0.15, 0.2) is 41.7 Å². The van der Waals surface area contributed by atoms with Crippen molar-refractivity contribution in [2.75, 3.05) is 5.75 Å². The van der Waals surface area contributed by atoms with Gasteiger partial charge in [-0.3, -0.25) is 0 Å². The third kappa shape index (κ3) is 2.63. The van der Waals surface area contributed by atoms with Gasteiger partial charge in [-0.15, -0.1) is 11.3 Å². The zero-order valence-electron chi connectivity index (χ0n) is 10.2. The van der Waals surface area contributed by atoms with Gasteiger partial charge in [-0.2, -0.15) is 5.26 Å². The predicted octanol–water partition coefficient (Wildman–Crippen LogP) is 4.63. The summed E-state index contributed by atoms with van der Waals surface area (Å²) in [5.74, 6) is 0.389. The molecule has 1 aromatic carbocycles. The van der Waals surface area contributed by atoms with Gasteiger partial charge in [-0.25, -0.2) is 9.97 Å². The van der Waals surface area contributed by atoms with Crippen molar-refractivity contribution in [3.05, 3.63) is 41.7 Å². The van der Waals surface area contributed by atoms with Crippen LogP contribution in [-0.4, -0.2) is 15.7 Å². The van der Waals surface area contributed by atoms with Crippen molar-refractivity contribution in [3.8, 4) is 16.5 Å². The van der Waals surface area contributed by atoms with Gasteiger partial charge >= 0.3 is 0 Å².